The Hall–Kier alpha value is -2.11. The number of fused-ring (bicyclic) bond motifs is 1. The van der Waals surface area contributed by atoms with E-state index < -0.39 is 5.91 Å². The van der Waals surface area contributed by atoms with Crippen molar-refractivity contribution in [2.45, 2.75) is 6.92 Å². The van der Waals surface area contributed by atoms with Crippen LogP contribution in [-0.4, -0.2) is 20.5 Å². The lowest BCUT2D eigenvalue weighted by molar-refractivity contribution is 0.100. The maximum absolute atomic E-state index is 11.4. The molecular weight excluding hydrogens is 184 g/mol. The topological polar surface area (TPSA) is 93.2 Å². The first-order valence-electron chi connectivity index (χ1n) is 3.97. The van der Waals surface area contributed by atoms with Crippen molar-refractivity contribution in [1.82, 2.24) is 14.6 Å². The van der Waals surface area contributed by atoms with Crippen LogP contribution in [0.15, 0.2) is 17.1 Å². The number of hydrogen-bond acceptors (Lipinski definition) is 3. The van der Waals surface area contributed by atoms with E-state index in [1.807, 2.05) is 0 Å². The van der Waals surface area contributed by atoms with E-state index in [2.05, 4.69) is 10.1 Å². The van der Waals surface area contributed by atoms with Crippen molar-refractivity contribution in [3.05, 3.63) is 33.9 Å². The summed E-state index contributed by atoms with van der Waals surface area (Å²) in [4.78, 5) is 26.4. The number of amides is 1. The molecule has 0 bridgehead atoms. The fraction of sp³-hybridized carbons (Fsp3) is 0.125. The summed E-state index contributed by atoms with van der Waals surface area (Å²) in [6, 6.07) is 1.37. The minimum Gasteiger partial charge on any atom is -0.365 e. The molecule has 6 nitrogen and oxygen atoms in total. The summed E-state index contributed by atoms with van der Waals surface area (Å²) < 4.78 is 1.17. The molecule has 0 saturated heterocycles. The van der Waals surface area contributed by atoms with Gasteiger partial charge < -0.3 is 5.73 Å². The first kappa shape index (κ1) is 8.49. The molecule has 6 heteroatoms. The predicted octanol–water partition coefficient (Wildman–Crippen LogP) is -0.570. The number of carbonyl (C=O) groups is 1. The van der Waals surface area contributed by atoms with Gasteiger partial charge in [0.2, 0.25) is 0 Å². The van der Waals surface area contributed by atoms with Gasteiger partial charge in [-0.3, -0.25) is 14.7 Å². The largest absolute Gasteiger partial charge is 0.365 e. The summed E-state index contributed by atoms with van der Waals surface area (Å²) in [5, 5.41) is 2.61. The highest BCUT2D eigenvalue weighted by Crippen LogP contribution is 2.04. The smallest absolute Gasteiger partial charge is 0.272 e. The van der Waals surface area contributed by atoms with Crippen LogP contribution in [0.1, 0.15) is 16.1 Å². The van der Waals surface area contributed by atoms with Gasteiger partial charge in [0.15, 0.2) is 5.65 Å². The van der Waals surface area contributed by atoms with E-state index in [4.69, 9.17) is 5.73 Å². The second-order valence-corrected chi connectivity index (χ2v) is 2.95. The number of carbonyl (C=O) groups excluding carboxylic acids is 1. The summed E-state index contributed by atoms with van der Waals surface area (Å²) in [5.74, 6) is -0.610. The van der Waals surface area contributed by atoms with Gasteiger partial charge in [-0.05, 0) is 6.92 Å². The van der Waals surface area contributed by atoms with Crippen LogP contribution < -0.4 is 11.3 Å². The SMILES string of the molecule is Cc1cc(=O)n2[nH]cc(C(N)=O)c2n1. The third-order valence-electron chi connectivity index (χ3n) is 1.89. The second kappa shape index (κ2) is 2.69. The van der Waals surface area contributed by atoms with Crippen LogP contribution in [0, 0.1) is 6.92 Å². The van der Waals surface area contributed by atoms with E-state index in [0.29, 0.717) is 5.69 Å². The highest BCUT2D eigenvalue weighted by molar-refractivity contribution is 5.98. The first-order valence-corrected chi connectivity index (χ1v) is 3.97. The number of aromatic nitrogens is 3. The summed E-state index contributed by atoms with van der Waals surface area (Å²) in [7, 11) is 0. The number of H-pyrrole nitrogens is 1. The summed E-state index contributed by atoms with van der Waals surface area (Å²) in [5.41, 5.74) is 5.88. The van der Waals surface area contributed by atoms with E-state index in [1.54, 1.807) is 6.92 Å². The molecule has 2 aromatic heterocycles. The molecule has 0 aromatic carbocycles. The second-order valence-electron chi connectivity index (χ2n) is 2.95. The van der Waals surface area contributed by atoms with Gasteiger partial charge in [-0.2, -0.15) is 0 Å². The van der Waals surface area contributed by atoms with Crippen molar-refractivity contribution in [1.29, 1.82) is 0 Å². The number of hydrogen-bond donors (Lipinski definition) is 2. The molecule has 72 valence electrons. The van der Waals surface area contributed by atoms with Gasteiger partial charge in [0.25, 0.3) is 11.5 Å². The molecule has 2 heterocycles. The molecule has 0 unspecified atom stereocenters. The Bertz CT molecular complexity index is 566. The fourth-order valence-corrected chi connectivity index (χ4v) is 1.28. The minimum atomic E-state index is -0.610. The third kappa shape index (κ3) is 1.08. The van der Waals surface area contributed by atoms with E-state index in [9.17, 15) is 9.59 Å². The number of primary amides is 1. The zero-order chi connectivity index (χ0) is 10.3. The Morgan fingerprint density at radius 2 is 2.36 bits per heavy atom. The average molecular weight is 192 g/mol. The number of rotatable bonds is 1. The number of nitrogens with one attached hydrogen (secondary N) is 1. The Kier molecular flexibility index (Phi) is 1.63. The monoisotopic (exact) mass is 192 g/mol. The molecule has 0 radical (unpaired) electrons. The maximum atomic E-state index is 11.4. The molecule has 3 N–H and O–H groups in total. The predicted molar refractivity (Wildman–Crippen MR) is 49.1 cm³/mol. The summed E-state index contributed by atoms with van der Waals surface area (Å²) in [6.45, 7) is 1.68. The van der Waals surface area contributed by atoms with Crippen molar-refractivity contribution in [2.75, 3.05) is 0 Å². The van der Waals surface area contributed by atoms with Crippen molar-refractivity contribution < 1.29 is 4.79 Å². The first-order chi connectivity index (χ1) is 6.59. The zero-order valence-corrected chi connectivity index (χ0v) is 7.44. The lowest BCUT2D eigenvalue weighted by Gasteiger charge is -1.95. The third-order valence-corrected chi connectivity index (χ3v) is 1.89. The highest BCUT2D eigenvalue weighted by atomic mass is 16.1. The lowest BCUT2D eigenvalue weighted by atomic mass is 10.3. The van der Waals surface area contributed by atoms with Crippen LogP contribution in [0.4, 0.5) is 0 Å². The van der Waals surface area contributed by atoms with Gasteiger partial charge in [0.1, 0.15) is 5.56 Å². The van der Waals surface area contributed by atoms with Crippen LogP contribution in [0.25, 0.3) is 5.65 Å². The molecule has 0 aliphatic heterocycles. The van der Waals surface area contributed by atoms with Crippen molar-refractivity contribution >= 4 is 11.6 Å². The van der Waals surface area contributed by atoms with Gasteiger partial charge >= 0.3 is 0 Å². The van der Waals surface area contributed by atoms with E-state index in [-0.39, 0.29) is 16.8 Å². The molecule has 2 aromatic rings. The van der Waals surface area contributed by atoms with E-state index in [0.717, 1.165) is 0 Å². The minimum absolute atomic E-state index is 0.214. The Morgan fingerprint density at radius 3 is 3.00 bits per heavy atom. The van der Waals surface area contributed by atoms with Crippen molar-refractivity contribution in [3.63, 3.8) is 0 Å². The Morgan fingerprint density at radius 1 is 1.64 bits per heavy atom. The lowest BCUT2D eigenvalue weighted by Crippen LogP contribution is -2.16. The van der Waals surface area contributed by atoms with Gasteiger partial charge in [0.05, 0.1) is 0 Å². The average Bonchev–Trinajstić information content (AvgIpc) is 2.47. The van der Waals surface area contributed by atoms with E-state index in [1.165, 1.54) is 16.8 Å². The molecule has 1 amide bonds. The number of aromatic amines is 1. The normalized spacial score (nSPS) is 10.6. The molecule has 0 spiro atoms. The zero-order valence-electron chi connectivity index (χ0n) is 7.44. The molecule has 0 aliphatic carbocycles. The van der Waals surface area contributed by atoms with Crippen LogP contribution in [0.3, 0.4) is 0 Å². The fourth-order valence-electron chi connectivity index (χ4n) is 1.28. The quantitative estimate of drug-likeness (QED) is 0.633. The summed E-state index contributed by atoms with van der Waals surface area (Å²) >= 11 is 0. The van der Waals surface area contributed by atoms with Crippen molar-refractivity contribution in [2.24, 2.45) is 5.73 Å². The molecule has 2 rings (SSSR count). The molecule has 0 atom stereocenters. The van der Waals surface area contributed by atoms with Gasteiger partial charge in [-0.25, -0.2) is 9.50 Å². The molecule has 0 saturated carbocycles. The van der Waals surface area contributed by atoms with Gasteiger partial charge in [-0.15, -0.1) is 0 Å². The van der Waals surface area contributed by atoms with E-state index >= 15 is 0 Å². The van der Waals surface area contributed by atoms with Crippen LogP contribution in [-0.2, 0) is 0 Å². The molecule has 0 aliphatic rings. The number of nitrogens with zero attached hydrogens (tertiary/aromatic N) is 2. The van der Waals surface area contributed by atoms with Crippen LogP contribution >= 0.6 is 0 Å². The number of nitrogens with two attached hydrogens (primary N) is 1. The van der Waals surface area contributed by atoms with Crippen LogP contribution in [0.2, 0.25) is 0 Å². The summed E-state index contributed by atoms with van der Waals surface area (Å²) in [6.07, 6.45) is 1.37. The van der Waals surface area contributed by atoms with Crippen LogP contribution in [0.5, 0.6) is 0 Å². The number of aryl methyl sites for hydroxylation is 1. The van der Waals surface area contributed by atoms with Crippen molar-refractivity contribution in [3.8, 4) is 0 Å². The standard InChI is InChI=1S/C8H8N4O2/c1-4-2-6(13)12-8(11-4)5(3-10-12)7(9)14/h2-3,10H,1H3,(H2,9,14). The Balaban J connectivity index is 2.92. The van der Waals surface area contributed by atoms with Gasteiger partial charge in [-0.1, -0.05) is 0 Å². The molecule has 14 heavy (non-hydrogen) atoms. The Labute approximate surface area is 78.4 Å². The molecule has 0 fully saturated rings. The maximum Gasteiger partial charge on any atom is 0.272 e. The molecular formula is C8H8N4O2. The highest BCUT2D eigenvalue weighted by Gasteiger charge is 2.11. The van der Waals surface area contributed by atoms with Gasteiger partial charge in [0, 0.05) is 18.0 Å².